The second-order valence-corrected chi connectivity index (χ2v) is 6.19. The lowest BCUT2D eigenvalue weighted by molar-refractivity contribution is 0.222. The molecular formula is C19H22N2O2. The van der Waals surface area contributed by atoms with Crippen molar-refractivity contribution < 1.29 is 9.53 Å². The van der Waals surface area contributed by atoms with E-state index in [4.69, 9.17) is 4.74 Å². The van der Waals surface area contributed by atoms with E-state index in [1.165, 1.54) is 5.56 Å². The molecular weight excluding hydrogens is 288 g/mol. The maximum Gasteiger partial charge on any atom is 0.319 e. The number of hydrogen-bond donors (Lipinski definition) is 2. The summed E-state index contributed by atoms with van der Waals surface area (Å²) >= 11 is 0. The lowest BCUT2D eigenvalue weighted by atomic mass is 10.0. The molecule has 0 fully saturated rings. The van der Waals surface area contributed by atoms with Crippen LogP contribution < -0.4 is 15.4 Å². The molecule has 1 aliphatic heterocycles. The van der Waals surface area contributed by atoms with Crippen molar-refractivity contribution in [3.8, 4) is 5.75 Å². The Morgan fingerprint density at radius 3 is 2.57 bits per heavy atom. The van der Waals surface area contributed by atoms with Crippen LogP contribution in [-0.2, 0) is 6.42 Å². The van der Waals surface area contributed by atoms with Gasteiger partial charge in [-0.2, -0.15) is 0 Å². The number of carbonyl (C=O) groups is 1. The number of rotatable bonds is 2. The van der Waals surface area contributed by atoms with E-state index in [0.717, 1.165) is 34.5 Å². The first-order valence-electron chi connectivity index (χ1n) is 7.89. The Morgan fingerprint density at radius 1 is 1.13 bits per heavy atom. The number of benzene rings is 2. The predicted octanol–water partition coefficient (Wildman–Crippen LogP) is 3.74. The zero-order valence-corrected chi connectivity index (χ0v) is 13.8. The Morgan fingerprint density at radius 2 is 1.83 bits per heavy atom. The summed E-state index contributed by atoms with van der Waals surface area (Å²) in [5, 5.41) is 5.97. The van der Waals surface area contributed by atoms with E-state index in [0.29, 0.717) is 6.61 Å². The monoisotopic (exact) mass is 310 g/mol. The lowest BCUT2D eigenvalue weighted by Crippen LogP contribution is -2.44. The molecule has 0 spiro atoms. The number of aryl methyl sites for hydroxylation is 3. The largest absolute Gasteiger partial charge is 0.491 e. The highest BCUT2D eigenvalue weighted by molar-refractivity contribution is 5.91. The van der Waals surface area contributed by atoms with Gasteiger partial charge in [0.15, 0.2) is 0 Å². The fourth-order valence-corrected chi connectivity index (χ4v) is 3.13. The summed E-state index contributed by atoms with van der Waals surface area (Å²) in [5.41, 5.74) is 5.35. The van der Waals surface area contributed by atoms with Crippen molar-refractivity contribution in [2.75, 3.05) is 11.9 Å². The van der Waals surface area contributed by atoms with Gasteiger partial charge < -0.3 is 15.4 Å². The average Bonchev–Trinajstić information content (AvgIpc) is 2.51. The van der Waals surface area contributed by atoms with Gasteiger partial charge in [0.05, 0.1) is 6.04 Å². The van der Waals surface area contributed by atoms with Gasteiger partial charge in [-0.05, 0) is 49.9 Å². The minimum atomic E-state index is -0.187. The third kappa shape index (κ3) is 3.47. The third-order valence-corrected chi connectivity index (χ3v) is 4.13. The highest BCUT2D eigenvalue weighted by Crippen LogP contribution is 2.24. The normalized spacial score (nSPS) is 16.2. The maximum absolute atomic E-state index is 12.3. The second kappa shape index (κ2) is 6.32. The Bertz CT molecular complexity index is 717. The minimum Gasteiger partial charge on any atom is -0.491 e. The second-order valence-electron chi connectivity index (χ2n) is 6.19. The fourth-order valence-electron chi connectivity index (χ4n) is 3.13. The number of ether oxygens (including phenoxy) is 1. The van der Waals surface area contributed by atoms with E-state index in [9.17, 15) is 4.79 Å². The van der Waals surface area contributed by atoms with E-state index in [2.05, 4.69) is 29.7 Å². The molecule has 3 rings (SSSR count). The maximum atomic E-state index is 12.3. The molecule has 120 valence electrons. The van der Waals surface area contributed by atoms with Gasteiger partial charge in [0.25, 0.3) is 0 Å². The number of anilines is 1. The van der Waals surface area contributed by atoms with Crippen molar-refractivity contribution in [3.05, 3.63) is 58.7 Å². The summed E-state index contributed by atoms with van der Waals surface area (Å²) in [6.07, 6.45) is 0.787. The van der Waals surface area contributed by atoms with Crippen molar-refractivity contribution in [2.45, 2.75) is 33.2 Å². The average molecular weight is 310 g/mol. The zero-order chi connectivity index (χ0) is 16.4. The van der Waals surface area contributed by atoms with Crippen LogP contribution in [-0.4, -0.2) is 18.7 Å². The molecule has 4 heteroatoms. The van der Waals surface area contributed by atoms with Gasteiger partial charge in [-0.15, -0.1) is 0 Å². The summed E-state index contributed by atoms with van der Waals surface area (Å²) in [5.74, 6) is 0.913. The zero-order valence-electron chi connectivity index (χ0n) is 13.8. The summed E-state index contributed by atoms with van der Waals surface area (Å²) < 4.78 is 5.71. The number of nitrogens with one attached hydrogen (secondary N) is 2. The van der Waals surface area contributed by atoms with Crippen LogP contribution in [0, 0.1) is 20.8 Å². The molecule has 23 heavy (non-hydrogen) atoms. The molecule has 0 saturated heterocycles. The van der Waals surface area contributed by atoms with E-state index in [1.807, 2.05) is 38.1 Å². The first-order chi connectivity index (χ1) is 11.0. The van der Waals surface area contributed by atoms with Gasteiger partial charge in [-0.25, -0.2) is 4.79 Å². The van der Waals surface area contributed by atoms with Crippen molar-refractivity contribution in [3.63, 3.8) is 0 Å². The van der Waals surface area contributed by atoms with Crippen LogP contribution >= 0.6 is 0 Å². The van der Waals surface area contributed by atoms with Crippen LogP contribution in [0.4, 0.5) is 10.5 Å². The third-order valence-electron chi connectivity index (χ3n) is 4.13. The van der Waals surface area contributed by atoms with E-state index in [-0.39, 0.29) is 12.1 Å². The molecule has 0 aromatic heterocycles. The molecule has 4 nitrogen and oxygen atoms in total. The summed E-state index contributed by atoms with van der Waals surface area (Å²) in [7, 11) is 0. The number of hydrogen-bond acceptors (Lipinski definition) is 2. The molecule has 1 heterocycles. The van der Waals surface area contributed by atoms with Crippen LogP contribution in [0.15, 0.2) is 36.4 Å². The van der Waals surface area contributed by atoms with Gasteiger partial charge in [0, 0.05) is 5.69 Å². The Kier molecular flexibility index (Phi) is 4.24. The highest BCUT2D eigenvalue weighted by Gasteiger charge is 2.21. The highest BCUT2D eigenvalue weighted by atomic mass is 16.5. The molecule has 1 aliphatic rings. The lowest BCUT2D eigenvalue weighted by Gasteiger charge is -2.26. The predicted molar refractivity (Wildman–Crippen MR) is 92.2 cm³/mol. The summed E-state index contributed by atoms with van der Waals surface area (Å²) in [4.78, 5) is 12.3. The number of carbonyl (C=O) groups excluding carboxylic acids is 1. The minimum absolute atomic E-state index is 0.0176. The molecule has 0 radical (unpaired) electrons. The molecule has 1 atom stereocenters. The smallest absolute Gasteiger partial charge is 0.319 e. The molecule has 2 aromatic rings. The molecule has 0 bridgehead atoms. The molecule has 0 saturated carbocycles. The van der Waals surface area contributed by atoms with E-state index >= 15 is 0 Å². The van der Waals surface area contributed by atoms with Crippen molar-refractivity contribution in [1.29, 1.82) is 0 Å². The Hall–Kier alpha value is -2.49. The van der Waals surface area contributed by atoms with Gasteiger partial charge in [0.2, 0.25) is 0 Å². The molecule has 0 unspecified atom stereocenters. The van der Waals surface area contributed by atoms with Crippen molar-refractivity contribution in [2.24, 2.45) is 0 Å². The van der Waals surface area contributed by atoms with Gasteiger partial charge >= 0.3 is 6.03 Å². The Balaban J connectivity index is 1.65. The SMILES string of the molecule is Cc1cc(C)c(NC(=O)N[C@H]2COc3ccccc3C2)c(C)c1. The van der Waals surface area contributed by atoms with Gasteiger partial charge in [0.1, 0.15) is 12.4 Å². The van der Waals surface area contributed by atoms with Crippen LogP contribution in [0.25, 0.3) is 0 Å². The number of amides is 2. The standard InChI is InChI=1S/C19H22N2O2/c1-12-8-13(2)18(14(3)9-12)21-19(22)20-16-10-15-6-4-5-7-17(15)23-11-16/h4-9,16H,10-11H2,1-3H3,(H2,20,21,22)/t16-/m1/s1. The van der Waals surface area contributed by atoms with Crippen molar-refractivity contribution >= 4 is 11.7 Å². The van der Waals surface area contributed by atoms with E-state index < -0.39 is 0 Å². The molecule has 2 aromatic carbocycles. The number of para-hydroxylation sites is 1. The number of urea groups is 1. The summed E-state index contributed by atoms with van der Waals surface area (Å²) in [6, 6.07) is 11.9. The molecule has 2 amide bonds. The van der Waals surface area contributed by atoms with Gasteiger partial charge in [-0.3, -0.25) is 0 Å². The van der Waals surface area contributed by atoms with Crippen LogP contribution in [0.3, 0.4) is 0 Å². The Labute approximate surface area is 136 Å². The topological polar surface area (TPSA) is 50.4 Å². The fraction of sp³-hybridized carbons (Fsp3) is 0.316. The first-order valence-corrected chi connectivity index (χ1v) is 7.89. The quantitative estimate of drug-likeness (QED) is 0.888. The summed E-state index contributed by atoms with van der Waals surface area (Å²) in [6.45, 7) is 6.57. The van der Waals surface area contributed by atoms with Crippen LogP contribution in [0.5, 0.6) is 5.75 Å². The first kappa shape index (κ1) is 15.4. The molecule has 2 N–H and O–H groups in total. The van der Waals surface area contributed by atoms with Crippen LogP contribution in [0.2, 0.25) is 0 Å². The molecule has 0 aliphatic carbocycles. The number of fused-ring (bicyclic) bond motifs is 1. The van der Waals surface area contributed by atoms with Crippen molar-refractivity contribution in [1.82, 2.24) is 5.32 Å². The van der Waals surface area contributed by atoms with Crippen LogP contribution in [0.1, 0.15) is 22.3 Å². The van der Waals surface area contributed by atoms with Gasteiger partial charge in [-0.1, -0.05) is 35.9 Å². The van der Waals surface area contributed by atoms with E-state index in [1.54, 1.807) is 0 Å².